The zero-order chi connectivity index (χ0) is 12.0. The smallest absolute Gasteiger partial charge is 0.206 e. The molecule has 0 radical (unpaired) electrons. The van der Waals surface area contributed by atoms with E-state index >= 15 is 0 Å². The molecule has 1 heterocycles. The number of rotatable bonds is 3. The molecule has 0 saturated carbocycles. The third-order valence-electron chi connectivity index (χ3n) is 2.05. The first kappa shape index (κ1) is 12.4. The summed E-state index contributed by atoms with van der Waals surface area (Å²) in [4.78, 5) is 8.49. The molecule has 1 aromatic rings. The first-order chi connectivity index (χ1) is 7.63. The summed E-state index contributed by atoms with van der Waals surface area (Å²) in [6.45, 7) is 6.06. The van der Waals surface area contributed by atoms with Crippen molar-refractivity contribution in [2.24, 2.45) is 10.8 Å². The molecule has 16 heavy (non-hydrogen) atoms. The van der Waals surface area contributed by atoms with E-state index in [9.17, 15) is 0 Å². The minimum atomic E-state index is 0.0194. The second-order valence-corrected chi connectivity index (χ2v) is 3.88. The Labute approximate surface area is 96.1 Å². The molecule has 1 rings (SSSR count). The van der Waals surface area contributed by atoms with Gasteiger partial charge in [-0.1, -0.05) is 6.07 Å². The molecule has 1 aromatic heterocycles. The Morgan fingerprint density at radius 1 is 1.44 bits per heavy atom. The van der Waals surface area contributed by atoms with Crippen LogP contribution in [0.25, 0.3) is 0 Å². The van der Waals surface area contributed by atoms with Crippen LogP contribution in [0, 0.1) is 0 Å². The van der Waals surface area contributed by atoms with E-state index in [1.165, 1.54) is 0 Å². The molecule has 1 atom stereocenters. The van der Waals surface area contributed by atoms with E-state index in [1.54, 1.807) is 12.4 Å². The van der Waals surface area contributed by atoms with Crippen LogP contribution >= 0.6 is 0 Å². The summed E-state index contributed by atoms with van der Waals surface area (Å²) >= 11 is 0. The fourth-order valence-electron chi connectivity index (χ4n) is 1.28. The normalized spacial score (nSPS) is 13.7. The number of hydrogen-bond acceptors (Lipinski definition) is 3. The van der Waals surface area contributed by atoms with Gasteiger partial charge in [0.25, 0.3) is 0 Å². The van der Waals surface area contributed by atoms with Gasteiger partial charge >= 0.3 is 0 Å². The van der Waals surface area contributed by atoms with E-state index in [4.69, 9.17) is 5.84 Å². The van der Waals surface area contributed by atoms with Gasteiger partial charge in [-0.05, 0) is 32.4 Å². The second kappa shape index (κ2) is 6.07. The average Bonchev–Trinajstić information content (AvgIpc) is 2.28. The van der Waals surface area contributed by atoms with Crippen molar-refractivity contribution in [1.29, 1.82) is 0 Å². The van der Waals surface area contributed by atoms with Gasteiger partial charge in [0.1, 0.15) is 0 Å². The summed E-state index contributed by atoms with van der Waals surface area (Å²) in [5.41, 5.74) is 3.61. The van der Waals surface area contributed by atoms with Crippen LogP contribution in [0.15, 0.2) is 29.5 Å². The molecule has 0 aromatic carbocycles. The van der Waals surface area contributed by atoms with Gasteiger partial charge in [-0.2, -0.15) is 0 Å². The van der Waals surface area contributed by atoms with Gasteiger partial charge in [-0.25, -0.2) is 10.8 Å². The highest BCUT2D eigenvalue weighted by Crippen LogP contribution is 2.14. The number of nitrogens with two attached hydrogens (primary N) is 1. The molecule has 0 bridgehead atoms. The number of aromatic nitrogens is 1. The van der Waals surface area contributed by atoms with Crippen LogP contribution in [-0.2, 0) is 0 Å². The molecular formula is C11H19N5. The molecule has 0 amide bonds. The number of nitrogens with zero attached hydrogens (tertiary/aromatic N) is 2. The maximum Gasteiger partial charge on any atom is 0.206 e. The molecule has 0 aliphatic heterocycles. The van der Waals surface area contributed by atoms with Crippen molar-refractivity contribution >= 4 is 5.96 Å². The first-order valence-corrected chi connectivity index (χ1v) is 5.34. The molecular weight excluding hydrogens is 202 g/mol. The standard InChI is InChI=1S/C11H19N5/c1-8(2)14-11(16-12)15-9(3)10-5-4-6-13-7-10/h4-9H,12H2,1-3H3,(H2,14,15,16). The van der Waals surface area contributed by atoms with Crippen LogP contribution < -0.4 is 16.6 Å². The predicted molar refractivity (Wildman–Crippen MR) is 65.7 cm³/mol. The molecule has 1 unspecified atom stereocenters. The lowest BCUT2D eigenvalue weighted by atomic mass is 10.1. The Kier molecular flexibility index (Phi) is 4.72. The second-order valence-electron chi connectivity index (χ2n) is 3.88. The number of guanidine groups is 1. The molecule has 4 N–H and O–H groups in total. The number of hydrazine groups is 1. The quantitative estimate of drug-likeness (QED) is 0.307. The Bertz CT molecular complexity index is 333. The number of aliphatic imine (C=N–C) groups is 1. The van der Waals surface area contributed by atoms with Crippen molar-refractivity contribution in [3.05, 3.63) is 30.1 Å². The van der Waals surface area contributed by atoms with Crippen LogP contribution in [0.2, 0.25) is 0 Å². The van der Waals surface area contributed by atoms with Gasteiger partial charge in [-0.3, -0.25) is 10.4 Å². The minimum Gasteiger partial charge on any atom is -0.353 e. The number of nitrogens with one attached hydrogen (secondary N) is 2. The summed E-state index contributed by atoms with van der Waals surface area (Å²) in [7, 11) is 0. The van der Waals surface area contributed by atoms with E-state index in [-0.39, 0.29) is 12.1 Å². The maximum absolute atomic E-state index is 5.39. The summed E-state index contributed by atoms with van der Waals surface area (Å²) in [6, 6.07) is 4.19. The van der Waals surface area contributed by atoms with Crippen molar-refractivity contribution in [3.63, 3.8) is 0 Å². The summed E-state index contributed by atoms with van der Waals surface area (Å²) in [5, 5.41) is 3.12. The zero-order valence-corrected chi connectivity index (χ0v) is 9.94. The van der Waals surface area contributed by atoms with Gasteiger partial charge in [0, 0.05) is 18.4 Å². The topological polar surface area (TPSA) is 75.3 Å². The van der Waals surface area contributed by atoms with Crippen LogP contribution in [0.1, 0.15) is 32.4 Å². The van der Waals surface area contributed by atoms with Crippen molar-refractivity contribution in [3.8, 4) is 0 Å². The molecule has 5 nitrogen and oxygen atoms in total. The Morgan fingerprint density at radius 3 is 2.69 bits per heavy atom. The van der Waals surface area contributed by atoms with Crippen LogP contribution in [0.5, 0.6) is 0 Å². The highest BCUT2D eigenvalue weighted by atomic mass is 15.3. The van der Waals surface area contributed by atoms with E-state index < -0.39 is 0 Å². The molecule has 88 valence electrons. The summed E-state index contributed by atoms with van der Waals surface area (Å²) in [6.07, 6.45) is 3.55. The molecule has 0 fully saturated rings. The van der Waals surface area contributed by atoms with Crippen molar-refractivity contribution in [1.82, 2.24) is 15.7 Å². The first-order valence-electron chi connectivity index (χ1n) is 5.34. The highest BCUT2D eigenvalue weighted by molar-refractivity contribution is 5.79. The lowest BCUT2D eigenvalue weighted by molar-refractivity contribution is 0.688. The third-order valence-corrected chi connectivity index (χ3v) is 2.05. The monoisotopic (exact) mass is 221 g/mol. The number of pyridine rings is 1. The Balaban J connectivity index is 2.73. The van der Waals surface area contributed by atoms with Crippen molar-refractivity contribution in [2.45, 2.75) is 32.9 Å². The third kappa shape index (κ3) is 3.86. The van der Waals surface area contributed by atoms with E-state index in [0.717, 1.165) is 5.56 Å². The lowest BCUT2D eigenvalue weighted by Crippen LogP contribution is -2.44. The maximum atomic E-state index is 5.39. The van der Waals surface area contributed by atoms with Crippen LogP contribution in [0.3, 0.4) is 0 Å². The van der Waals surface area contributed by atoms with Crippen molar-refractivity contribution in [2.75, 3.05) is 0 Å². The zero-order valence-electron chi connectivity index (χ0n) is 9.94. The van der Waals surface area contributed by atoms with Crippen molar-refractivity contribution < 1.29 is 0 Å². The van der Waals surface area contributed by atoms with E-state index in [1.807, 2.05) is 32.9 Å². The highest BCUT2D eigenvalue weighted by Gasteiger charge is 2.05. The van der Waals surface area contributed by atoms with Gasteiger partial charge in [0.05, 0.1) is 6.04 Å². The fraction of sp³-hybridized carbons (Fsp3) is 0.455. The molecule has 0 spiro atoms. The molecule has 5 heteroatoms. The molecule has 0 aliphatic carbocycles. The largest absolute Gasteiger partial charge is 0.353 e. The van der Waals surface area contributed by atoms with Crippen LogP contribution in [0.4, 0.5) is 0 Å². The fourth-order valence-corrected chi connectivity index (χ4v) is 1.28. The average molecular weight is 221 g/mol. The summed E-state index contributed by atoms with van der Waals surface area (Å²) < 4.78 is 0. The van der Waals surface area contributed by atoms with Gasteiger partial charge in [0.15, 0.2) is 0 Å². The Morgan fingerprint density at radius 2 is 2.19 bits per heavy atom. The van der Waals surface area contributed by atoms with E-state index in [2.05, 4.69) is 20.7 Å². The lowest BCUT2D eigenvalue weighted by Gasteiger charge is -2.14. The van der Waals surface area contributed by atoms with E-state index in [0.29, 0.717) is 5.96 Å². The number of hydrogen-bond donors (Lipinski definition) is 3. The minimum absolute atomic E-state index is 0.0194. The SMILES string of the molecule is CC(C)NC(=NC(C)c1cccnc1)NN. The van der Waals surface area contributed by atoms with Gasteiger partial charge in [0.2, 0.25) is 5.96 Å². The van der Waals surface area contributed by atoms with Gasteiger partial charge < -0.3 is 5.32 Å². The predicted octanol–water partition coefficient (Wildman–Crippen LogP) is 0.960. The Hall–Kier alpha value is -1.62. The molecule has 0 saturated heterocycles. The van der Waals surface area contributed by atoms with Crippen LogP contribution in [-0.4, -0.2) is 17.0 Å². The summed E-state index contributed by atoms with van der Waals surface area (Å²) in [5.74, 6) is 5.98. The molecule has 0 aliphatic rings. The van der Waals surface area contributed by atoms with Gasteiger partial charge in [-0.15, -0.1) is 0 Å².